The summed E-state index contributed by atoms with van der Waals surface area (Å²) in [5, 5.41) is 30.9. The molecule has 0 aliphatic rings. The number of rotatable bonds is 24. The summed E-state index contributed by atoms with van der Waals surface area (Å²) in [5.74, 6) is 2.68. The van der Waals surface area contributed by atoms with E-state index in [2.05, 4.69) is 27.7 Å². The van der Waals surface area contributed by atoms with Gasteiger partial charge in [0.25, 0.3) is 0 Å². The Kier molecular flexibility index (Phi) is 16.0. The molecule has 0 amide bonds. The molecule has 4 aromatic carbocycles. The van der Waals surface area contributed by atoms with E-state index in [1.807, 2.05) is 110 Å². The van der Waals surface area contributed by atoms with Gasteiger partial charge in [0.2, 0.25) is 0 Å². The Balaban J connectivity index is 1.02. The maximum absolute atomic E-state index is 10.6. The van der Waals surface area contributed by atoms with Gasteiger partial charge in [0.05, 0.1) is 32.3 Å². The molecule has 306 valence electrons. The molecule has 0 aliphatic heterocycles. The van der Waals surface area contributed by atoms with Crippen LogP contribution in [0.25, 0.3) is 0 Å². The van der Waals surface area contributed by atoms with E-state index in [9.17, 15) is 15.3 Å². The molecule has 0 radical (unpaired) electrons. The summed E-state index contributed by atoms with van der Waals surface area (Å²) in [4.78, 5) is 0. The van der Waals surface area contributed by atoms with Gasteiger partial charge in [-0.05, 0) is 83.3 Å². The lowest BCUT2D eigenvalue weighted by Crippen LogP contribution is -2.25. The van der Waals surface area contributed by atoms with E-state index in [1.54, 1.807) is 12.5 Å². The molecule has 3 N–H and O–H groups in total. The minimum Gasteiger partial charge on any atom is -0.491 e. The maximum Gasteiger partial charge on any atom is 0.122 e. The lowest BCUT2D eigenvalue weighted by Gasteiger charge is -2.27. The molecule has 1 aromatic heterocycles. The molecule has 10 nitrogen and oxygen atoms in total. The normalized spacial score (nSPS) is 13.5. The highest BCUT2D eigenvalue weighted by Gasteiger charge is 2.25. The van der Waals surface area contributed by atoms with Crippen molar-refractivity contribution in [1.29, 1.82) is 0 Å². The van der Waals surface area contributed by atoms with Crippen LogP contribution < -0.4 is 18.9 Å². The number of hydrogen-bond acceptors (Lipinski definition) is 10. The minimum atomic E-state index is -0.820. The van der Waals surface area contributed by atoms with Gasteiger partial charge in [-0.15, -0.1) is 0 Å². The van der Waals surface area contributed by atoms with E-state index in [4.69, 9.17) is 32.8 Å². The molecule has 57 heavy (non-hydrogen) atoms. The molecule has 0 saturated carbocycles. The van der Waals surface area contributed by atoms with Gasteiger partial charge in [-0.1, -0.05) is 83.1 Å². The zero-order valence-electron chi connectivity index (χ0n) is 33.8. The molecule has 5 rings (SSSR count). The molecule has 0 spiro atoms. The first kappa shape index (κ1) is 43.3. The fourth-order valence-electron chi connectivity index (χ4n) is 6.17. The molecule has 0 aliphatic carbocycles. The highest BCUT2D eigenvalue weighted by atomic mass is 16.5. The van der Waals surface area contributed by atoms with E-state index >= 15 is 0 Å². The van der Waals surface area contributed by atoms with Crippen molar-refractivity contribution in [2.24, 2.45) is 0 Å². The van der Waals surface area contributed by atoms with Crippen LogP contribution in [-0.2, 0) is 26.9 Å². The number of benzene rings is 4. The van der Waals surface area contributed by atoms with Crippen molar-refractivity contribution in [3.8, 4) is 23.0 Å². The van der Waals surface area contributed by atoms with Crippen LogP contribution in [0.2, 0.25) is 0 Å². The Labute approximate surface area is 336 Å². The van der Waals surface area contributed by atoms with Crippen molar-refractivity contribution >= 4 is 0 Å². The van der Waals surface area contributed by atoms with Crippen molar-refractivity contribution in [3.63, 3.8) is 0 Å². The lowest BCUT2D eigenvalue weighted by molar-refractivity contribution is 0.00537. The zero-order valence-corrected chi connectivity index (χ0v) is 33.8. The molecule has 0 saturated heterocycles. The predicted molar refractivity (Wildman–Crippen MR) is 219 cm³/mol. The number of aliphatic hydroxyl groups excluding tert-OH is 3. The quantitative estimate of drug-likeness (QED) is 0.0532. The van der Waals surface area contributed by atoms with Gasteiger partial charge in [0, 0.05) is 23.0 Å². The Morgan fingerprint density at radius 3 is 1.12 bits per heavy atom. The highest BCUT2D eigenvalue weighted by molar-refractivity contribution is 5.43. The first-order chi connectivity index (χ1) is 27.4. The smallest absolute Gasteiger partial charge is 0.122 e. The standard InChI is InChI=1S/C47H58O10/c1-6-24-51-28-39(48)30-54-42-15-7-35(8-16-42)46(2,3)37-11-19-44(20-12-37)56-32-41(50)33-57-45-21-13-38(14-22-45)47(4,5)36-9-17-43(18-10-36)55-31-40(49)29-53-27-34-23-25-52-26-34/h7-23,25-26,39-41,48-50H,6,24,27-33H2,1-5H3. The Morgan fingerprint density at radius 2 is 0.807 bits per heavy atom. The molecule has 0 bridgehead atoms. The van der Waals surface area contributed by atoms with Crippen molar-refractivity contribution < 1.29 is 48.2 Å². The molecular formula is C47H58O10. The van der Waals surface area contributed by atoms with Gasteiger partial charge in [-0.2, -0.15) is 0 Å². The molecule has 3 atom stereocenters. The van der Waals surface area contributed by atoms with Crippen LogP contribution in [0.4, 0.5) is 0 Å². The van der Waals surface area contributed by atoms with Gasteiger partial charge in [-0.3, -0.25) is 0 Å². The van der Waals surface area contributed by atoms with Crippen LogP contribution in [0, 0.1) is 0 Å². The van der Waals surface area contributed by atoms with Crippen molar-refractivity contribution in [1.82, 2.24) is 0 Å². The second kappa shape index (κ2) is 21.1. The van der Waals surface area contributed by atoms with Gasteiger partial charge in [-0.25, -0.2) is 0 Å². The van der Waals surface area contributed by atoms with Crippen LogP contribution in [0.5, 0.6) is 23.0 Å². The number of furan rings is 1. The topological polar surface area (TPSA) is 129 Å². The Morgan fingerprint density at radius 1 is 0.474 bits per heavy atom. The second-order valence-corrected chi connectivity index (χ2v) is 15.3. The Bertz CT molecular complexity index is 1850. The summed E-state index contributed by atoms with van der Waals surface area (Å²) in [7, 11) is 0. The molecule has 0 fully saturated rings. The summed E-state index contributed by atoms with van der Waals surface area (Å²) in [6, 6.07) is 33.4. The van der Waals surface area contributed by atoms with Crippen molar-refractivity contribution in [2.45, 2.75) is 76.8 Å². The predicted octanol–water partition coefficient (Wildman–Crippen LogP) is 7.87. The monoisotopic (exact) mass is 782 g/mol. The molecule has 10 heteroatoms. The third kappa shape index (κ3) is 13.1. The zero-order chi connectivity index (χ0) is 40.7. The number of hydrogen-bond donors (Lipinski definition) is 3. The minimum absolute atomic E-state index is 0.0891. The van der Waals surface area contributed by atoms with E-state index in [-0.39, 0.29) is 50.5 Å². The van der Waals surface area contributed by atoms with E-state index < -0.39 is 18.3 Å². The SMILES string of the molecule is CCCOCC(O)COc1ccc(C(C)(C)c2ccc(OCC(O)COc3ccc(C(C)(C)c4ccc(OCC(O)COCc5ccoc5)cc4)cc3)cc2)cc1. The summed E-state index contributed by atoms with van der Waals surface area (Å²) in [6.45, 7) is 12.6. The van der Waals surface area contributed by atoms with E-state index in [1.165, 1.54) is 0 Å². The molecule has 3 unspecified atom stereocenters. The maximum atomic E-state index is 10.6. The molecule has 5 aromatic rings. The average molecular weight is 783 g/mol. The van der Waals surface area contributed by atoms with Crippen LogP contribution in [-0.4, -0.2) is 79.9 Å². The van der Waals surface area contributed by atoms with Gasteiger partial charge in [0.1, 0.15) is 67.7 Å². The van der Waals surface area contributed by atoms with Crippen molar-refractivity contribution in [2.75, 3.05) is 46.2 Å². The molecular weight excluding hydrogens is 725 g/mol. The molecule has 1 heterocycles. The summed E-state index contributed by atoms with van der Waals surface area (Å²) in [6.07, 6.45) is 1.87. The number of aliphatic hydroxyl groups is 3. The third-order valence-electron chi connectivity index (χ3n) is 9.89. The van der Waals surface area contributed by atoms with Crippen LogP contribution in [0.15, 0.2) is 120 Å². The fraction of sp³-hybridized carbons (Fsp3) is 0.404. The highest BCUT2D eigenvalue weighted by Crippen LogP contribution is 2.35. The van der Waals surface area contributed by atoms with Crippen LogP contribution in [0.3, 0.4) is 0 Å². The first-order valence-corrected chi connectivity index (χ1v) is 19.6. The first-order valence-electron chi connectivity index (χ1n) is 19.6. The van der Waals surface area contributed by atoms with Crippen molar-refractivity contribution in [3.05, 3.63) is 143 Å². The van der Waals surface area contributed by atoms with Crippen LogP contribution in [0.1, 0.15) is 68.9 Å². The largest absolute Gasteiger partial charge is 0.491 e. The van der Waals surface area contributed by atoms with Gasteiger partial charge in [0.15, 0.2) is 0 Å². The summed E-state index contributed by atoms with van der Waals surface area (Å²) >= 11 is 0. The van der Waals surface area contributed by atoms with Gasteiger partial charge >= 0.3 is 0 Å². The third-order valence-corrected chi connectivity index (χ3v) is 9.89. The second-order valence-electron chi connectivity index (χ2n) is 15.3. The summed E-state index contributed by atoms with van der Waals surface area (Å²) < 4.78 is 39.2. The summed E-state index contributed by atoms with van der Waals surface area (Å²) in [5.41, 5.74) is 4.81. The van der Waals surface area contributed by atoms with E-state index in [0.29, 0.717) is 36.2 Å². The Hall–Kier alpha value is -4.84. The fourth-order valence-corrected chi connectivity index (χ4v) is 6.17. The van der Waals surface area contributed by atoms with Gasteiger partial charge < -0.3 is 48.2 Å². The average Bonchev–Trinajstić information content (AvgIpc) is 3.75. The van der Waals surface area contributed by atoms with E-state index in [0.717, 1.165) is 34.2 Å². The lowest BCUT2D eigenvalue weighted by atomic mass is 9.78. The van der Waals surface area contributed by atoms with Crippen LogP contribution >= 0.6 is 0 Å². The number of ether oxygens (including phenoxy) is 6.